The minimum absolute atomic E-state index is 0.0763. The third-order valence-corrected chi connectivity index (χ3v) is 4.58. The van der Waals surface area contributed by atoms with Crippen molar-refractivity contribution in [2.24, 2.45) is 11.8 Å². The highest BCUT2D eigenvalue weighted by molar-refractivity contribution is 6.35. The third kappa shape index (κ3) is 5.26. The Hall–Kier alpha value is -1.50. The van der Waals surface area contributed by atoms with Gasteiger partial charge in [-0.25, -0.2) is 5.84 Å². The number of rotatable bonds is 6. The topological polar surface area (TPSA) is 84.7 Å². The molecule has 1 aromatic carbocycles. The summed E-state index contributed by atoms with van der Waals surface area (Å²) in [4.78, 5) is 25.4. The number of carbonyl (C=O) groups is 2. The normalized spacial score (nSPS) is 15.2. The Morgan fingerprint density at radius 3 is 2.62 bits per heavy atom. The van der Waals surface area contributed by atoms with Crippen molar-refractivity contribution in [2.45, 2.75) is 25.7 Å². The summed E-state index contributed by atoms with van der Waals surface area (Å²) in [6.45, 7) is 1.57. The largest absolute Gasteiger partial charge is 0.492 e. The van der Waals surface area contributed by atoms with Crippen molar-refractivity contribution in [3.63, 3.8) is 0 Å². The van der Waals surface area contributed by atoms with Crippen molar-refractivity contribution in [1.29, 1.82) is 0 Å². The van der Waals surface area contributed by atoms with Gasteiger partial charge in [0.15, 0.2) is 0 Å². The molecule has 0 spiro atoms. The second-order valence-corrected chi connectivity index (χ2v) is 6.53. The summed E-state index contributed by atoms with van der Waals surface area (Å²) in [5.41, 5.74) is 2.17. The quantitative estimate of drug-likeness (QED) is 0.347. The van der Waals surface area contributed by atoms with Gasteiger partial charge in [-0.3, -0.25) is 15.0 Å². The van der Waals surface area contributed by atoms with E-state index in [9.17, 15) is 9.59 Å². The number of nitrogens with two attached hydrogens (primary N) is 1. The predicted molar refractivity (Wildman–Crippen MR) is 92.8 cm³/mol. The van der Waals surface area contributed by atoms with Crippen LogP contribution in [0.5, 0.6) is 5.75 Å². The molecule has 0 bridgehead atoms. The fourth-order valence-corrected chi connectivity index (χ4v) is 3.13. The number of benzene rings is 1. The van der Waals surface area contributed by atoms with Gasteiger partial charge in [0.1, 0.15) is 5.75 Å². The number of halogens is 2. The molecule has 1 heterocycles. The minimum Gasteiger partial charge on any atom is -0.492 e. The van der Waals surface area contributed by atoms with E-state index in [-0.39, 0.29) is 17.7 Å². The number of nitrogens with one attached hydrogen (secondary N) is 1. The Balaban J connectivity index is 1.68. The molecule has 1 aliphatic rings. The fourth-order valence-electron chi connectivity index (χ4n) is 2.66. The molecule has 1 aromatic rings. The number of hydrogen-bond acceptors (Lipinski definition) is 4. The molecular weight excluding hydrogens is 353 g/mol. The van der Waals surface area contributed by atoms with Gasteiger partial charge in [0.25, 0.3) is 0 Å². The van der Waals surface area contributed by atoms with Crippen molar-refractivity contribution in [2.75, 3.05) is 19.7 Å². The summed E-state index contributed by atoms with van der Waals surface area (Å²) in [6, 6.07) is 5.03. The van der Waals surface area contributed by atoms with Gasteiger partial charge in [-0.05, 0) is 37.5 Å². The highest BCUT2D eigenvalue weighted by atomic mass is 35.5. The SMILES string of the molecule is NNC(=O)C1CCN(C(=O)CCCOc2ccc(Cl)cc2Cl)CC1. The first kappa shape index (κ1) is 18.8. The molecule has 0 unspecified atom stereocenters. The maximum absolute atomic E-state index is 12.2. The number of ether oxygens (including phenoxy) is 1. The van der Waals surface area contributed by atoms with Crippen LogP contribution in [-0.4, -0.2) is 36.4 Å². The smallest absolute Gasteiger partial charge is 0.237 e. The van der Waals surface area contributed by atoms with E-state index >= 15 is 0 Å². The summed E-state index contributed by atoms with van der Waals surface area (Å²) in [6.07, 6.45) is 2.29. The first-order valence-electron chi connectivity index (χ1n) is 7.87. The van der Waals surface area contributed by atoms with Crippen molar-refractivity contribution < 1.29 is 14.3 Å². The highest BCUT2D eigenvalue weighted by Gasteiger charge is 2.26. The summed E-state index contributed by atoms with van der Waals surface area (Å²) in [5, 5.41) is 1.00. The summed E-state index contributed by atoms with van der Waals surface area (Å²) in [5.74, 6) is 5.51. The molecular formula is C16H21Cl2N3O3. The lowest BCUT2D eigenvalue weighted by Gasteiger charge is -2.31. The number of carbonyl (C=O) groups excluding carboxylic acids is 2. The standard InChI is InChI=1S/C16H21Cl2N3O3/c17-12-3-4-14(13(18)10-12)24-9-1-2-15(22)21-7-5-11(6-8-21)16(23)20-19/h3-4,10-11H,1-2,5-9,19H2,(H,20,23). The molecule has 0 aliphatic carbocycles. The summed E-state index contributed by atoms with van der Waals surface area (Å²) in [7, 11) is 0. The predicted octanol–water partition coefficient (Wildman–Crippen LogP) is 2.38. The monoisotopic (exact) mass is 373 g/mol. The Morgan fingerprint density at radius 2 is 2.00 bits per heavy atom. The third-order valence-electron chi connectivity index (χ3n) is 4.05. The van der Waals surface area contributed by atoms with Crippen LogP contribution >= 0.6 is 23.2 Å². The average Bonchev–Trinajstić information content (AvgIpc) is 2.59. The Kier molecular flexibility index (Phi) is 7.15. The van der Waals surface area contributed by atoms with Gasteiger partial charge in [0.05, 0.1) is 11.6 Å². The first-order valence-corrected chi connectivity index (χ1v) is 8.63. The molecule has 132 valence electrons. The van der Waals surface area contributed by atoms with Crippen molar-refractivity contribution in [1.82, 2.24) is 10.3 Å². The van der Waals surface area contributed by atoms with E-state index in [2.05, 4.69) is 5.43 Å². The molecule has 1 fully saturated rings. The molecule has 8 heteroatoms. The second kappa shape index (κ2) is 9.11. The van der Waals surface area contributed by atoms with Crippen LogP contribution in [0.3, 0.4) is 0 Å². The zero-order valence-corrected chi connectivity index (χ0v) is 14.8. The van der Waals surface area contributed by atoms with E-state index in [0.29, 0.717) is 61.2 Å². The van der Waals surface area contributed by atoms with E-state index < -0.39 is 0 Å². The van der Waals surface area contributed by atoms with Crippen LogP contribution < -0.4 is 16.0 Å². The summed E-state index contributed by atoms with van der Waals surface area (Å²) >= 11 is 11.8. The molecule has 0 aromatic heterocycles. The summed E-state index contributed by atoms with van der Waals surface area (Å²) < 4.78 is 5.56. The van der Waals surface area contributed by atoms with Crippen LogP contribution in [0.2, 0.25) is 10.0 Å². The van der Waals surface area contributed by atoms with E-state index in [4.69, 9.17) is 33.8 Å². The minimum atomic E-state index is -0.157. The molecule has 0 radical (unpaired) electrons. The number of nitrogens with zero attached hydrogens (tertiary/aromatic N) is 1. The van der Waals surface area contributed by atoms with Crippen LogP contribution in [0.25, 0.3) is 0 Å². The number of amides is 2. The van der Waals surface area contributed by atoms with Crippen molar-refractivity contribution in [3.05, 3.63) is 28.2 Å². The number of hydrazine groups is 1. The van der Waals surface area contributed by atoms with Crippen LogP contribution in [0.4, 0.5) is 0 Å². The highest BCUT2D eigenvalue weighted by Crippen LogP contribution is 2.27. The Bertz CT molecular complexity index is 590. The van der Waals surface area contributed by atoms with E-state index in [1.165, 1.54) is 0 Å². The van der Waals surface area contributed by atoms with E-state index in [1.54, 1.807) is 23.1 Å². The van der Waals surface area contributed by atoms with Gasteiger partial charge < -0.3 is 9.64 Å². The van der Waals surface area contributed by atoms with Crippen LogP contribution in [0, 0.1) is 5.92 Å². The molecule has 0 saturated carbocycles. The average molecular weight is 374 g/mol. The fraction of sp³-hybridized carbons (Fsp3) is 0.500. The molecule has 6 nitrogen and oxygen atoms in total. The molecule has 0 atom stereocenters. The van der Waals surface area contributed by atoms with E-state index in [1.807, 2.05) is 0 Å². The molecule has 1 saturated heterocycles. The lowest BCUT2D eigenvalue weighted by Crippen LogP contribution is -2.44. The van der Waals surface area contributed by atoms with Crippen LogP contribution in [-0.2, 0) is 9.59 Å². The number of hydrogen-bond donors (Lipinski definition) is 2. The second-order valence-electron chi connectivity index (χ2n) is 5.69. The van der Waals surface area contributed by atoms with Crippen LogP contribution in [0.1, 0.15) is 25.7 Å². The molecule has 1 aliphatic heterocycles. The first-order chi connectivity index (χ1) is 11.5. The molecule has 3 N–H and O–H groups in total. The van der Waals surface area contributed by atoms with Gasteiger partial charge in [-0.2, -0.15) is 0 Å². The maximum atomic E-state index is 12.2. The van der Waals surface area contributed by atoms with E-state index in [0.717, 1.165) is 0 Å². The molecule has 24 heavy (non-hydrogen) atoms. The zero-order chi connectivity index (χ0) is 17.5. The number of likely N-dealkylation sites (tertiary alicyclic amines) is 1. The van der Waals surface area contributed by atoms with Gasteiger partial charge in [0, 0.05) is 30.5 Å². The Labute approximate surface area is 151 Å². The van der Waals surface area contributed by atoms with Crippen molar-refractivity contribution >= 4 is 35.0 Å². The lowest BCUT2D eigenvalue weighted by atomic mass is 9.96. The number of piperidine rings is 1. The van der Waals surface area contributed by atoms with Crippen LogP contribution in [0.15, 0.2) is 18.2 Å². The molecule has 2 rings (SSSR count). The van der Waals surface area contributed by atoms with Gasteiger partial charge >= 0.3 is 0 Å². The van der Waals surface area contributed by atoms with Crippen molar-refractivity contribution in [3.8, 4) is 5.75 Å². The molecule has 2 amide bonds. The van der Waals surface area contributed by atoms with Gasteiger partial charge in [-0.15, -0.1) is 0 Å². The van der Waals surface area contributed by atoms with Gasteiger partial charge in [-0.1, -0.05) is 23.2 Å². The zero-order valence-electron chi connectivity index (χ0n) is 13.3. The van der Waals surface area contributed by atoms with Gasteiger partial charge in [0.2, 0.25) is 11.8 Å². The Morgan fingerprint density at radius 1 is 1.29 bits per heavy atom. The lowest BCUT2D eigenvalue weighted by molar-refractivity contribution is -0.135. The maximum Gasteiger partial charge on any atom is 0.237 e.